The molecule has 1 aliphatic rings. The molecule has 0 spiro atoms. The van der Waals surface area contributed by atoms with Gasteiger partial charge in [0.1, 0.15) is 0 Å². The smallest absolute Gasteiger partial charge is 0.223 e. The van der Waals surface area contributed by atoms with E-state index in [4.69, 9.17) is 5.26 Å². The van der Waals surface area contributed by atoms with Crippen LogP contribution in [0.2, 0.25) is 0 Å². The Bertz CT molecular complexity index is 654. The van der Waals surface area contributed by atoms with Crippen molar-refractivity contribution < 1.29 is 4.79 Å². The number of carbonyl (C=O) groups is 1. The summed E-state index contributed by atoms with van der Waals surface area (Å²) < 4.78 is 2.04. The van der Waals surface area contributed by atoms with Crippen LogP contribution in [-0.4, -0.2) is 33.4 Å². The molecule has 1 aromatic heterocycles. The number of nitriles is 1. The van der Waals surface area contributed by atoms with Crippen LogP contribution in [0.25, 0.3) is 0 Å². The molecule has 2 heterocycles. The first-order valence-electron chi connectivity index (χ1n) is 7.45. The van der Waals surface area contributed by atoms with Crippen molar-refractivity contribution >= 4 is 5.91 Å². The second kappa shape index (κ2) is 6.44. The van der Waals surface area contributed by atoms with Gasteiger partial charge in [-0.2, -0.15) is 5.26 Å². The second-order valence-electron chi connectivity index (χ2n) is 5.64. The monoisotopic (exact) mass is 294 g/mol. The summed E-state index contributed by atoms with van der Waals surface area (Å²) in [5, 5.41) is 9.00. The van der Waals surface area contributed by atoms with Crippen LogP contribution in [0.15, 0.2) is 49.1 Å². The van der Waals surface area contributed by atoms with Gasteiger partial charge in [0, 0.05) is 44.2 Å². The molecule has 1 unspecified atom stereocenters. The van der Waals surface area contributed by atoms with Crippen molar-refractivity contribution in [3.05, 3.63) is 54.6 Å². The van der Waals surface area contributed by atoms with Crippen LogP contribution in [0.4, 0.5) is 0 Å². The molecule has 5 heteroatoms. The van der Waals surface area contributed by atoms with Gasteiger partial charge < -0.3 is 9.47 Å². The number of likely N-dealkylation sites (tertiary alicyclic amines) is 1. The van der Waals surface area contributed by atoms with Crippen LogP contribution in [0, 0.1) is 11.3 Å². The lowest BCUT2D eigenvalue weighted by Gasteiger charge is -2.40. The van der Waals surface area contributed by atoms with Crippen molar-refractivity contribution in [3.63, 3.8) is 0 Å². The number of imidazole rings is 1. The molecule has 5 nitrogen and oxygen atoms in total. The van der Waals surface area contributed by atoms with Crippen LogP contribution in [-0.2, 0) is 4.79 Å². The number of hydrogen-bond acceptors (Lipinski definition) is 3. The number of carbonyl (C=O) groups excluding carboxylic acids is 1. The molecule has 1 aromatic carbocycles. The van der Waals surface area contributed by atoms with Gasteiger partial charge in [-0.1, -0.05) is 30.3 Å². The summed E-state index contributed by atoms with van der Waals surface area (Å²) in [7, 11) is 0. The van der Waals surface area contributed by atoms with Crippen molar-refractivity contribution in [3.8, 4) is 6.07 Å². The summed E-state index contributed by atoms with van der Waals surface area (Å²) >= 11 is 0. The van der Waals surface area contributed by atoms with E-state index in [1.807, 2.05) is 46.0 Å². The Kier molecular flexibility index (Phi) is 4.19. The highest BCUT2D eigenvalue weighted by molar-refractivity contribution is 5.78. The van der Waals surface area contributed by atoms with E-state index >= 15 is 0 Å². The summed E-state index contributed by atoms with van der Waals surface area (Å²) in [6, 6.07) is 12.3. The molecule has 1 aliphatic heterocycles. The normalized spacial score (nSPS) is 15.9. The molecule has 1 amide bonds. The van der Waals surface area contributed by atoms with Gasteiger partial charge in [-0.15, -0.1) is 0 Å². The SMILES string of the molecule is N#CCC(CC(=O)N1CC(n2ccnc2)C1)c1ccccc1. The highest BCUT2D eigenvalue weighted by Crippen LogP contribution is 2.27. The quantitative estimate of drug-likeness (QED) is 0.850. The standard InChI is InChI=1S/C17H18N4O/c18-7-6-15(14-4-2-1-3-5-14)10-17(22)21-11-16(12-21)20-9-8-19-13-20/h1-5,8-9,13,15-16H,6,10-12H2. The van der Waals surface area contributed by atoms with Crippen molar-refractivity contribution in [2.45, 2.75) is 24.8 Å². The van der Waals surface area contributed by atoms with Crippen LogP contribution in [0.5, 0.6) is 0 Å². The summed E-state index contributed by atoms with van der Waals surface area (Å²) in [4.78, 5) is 18.3. The van der Waals surface area contributed by atoms with Gasteiger partial charge in [0.25, 0.3) is 0 Å². The number of nitrogens with zero attached hydrogens (tertiary/aromatic N) is 4. The summed E-state index contributed by atoms with van der Waals surface area (Å²) in [6.45, 7) is 1.45. The molecule has 112 valence electrons. The van der Waals surface area contributed by atoms with E-state index in [1.165, 1.54) is 0 Å². The molecule has 0 radical (unpaired) electrons. The summed E-state index contributed by atoms with van der Waals surface area (Å²) in [5.74, 6) is 0.103. The van der Waals surface area contributed by atoms with Gasteiger partial charge in [-0.05, 0) is 5.56 Å². The number of aromatic nitrogens is 2. The molecular formula is C17H18N4O. The average Bonchev–Trinajstić information content (AvgIpc) is 3.00. The minimum atomic E-state index is -0.0222. The van der Waals surface area contributed by atoms with Gasteiger partial charge in [-0.25, -0.2) is 4.98 Å². The van der Waals surface area contributed by atoms with E-state index < -0.39 is 0 Å². The Labute approximate surface area is 129 Å². The lowest BCUT2D eigenvalue weighted by atomic mass is 9.92. The first kappa shape index (κ1) is 14.3. The molecular weight excluding hydrogens is 276 g/mol. The Morgan fingerprint density at radius 3 is 2.77 bits per heavy atom. The van der Waals surface area contributed by atoms with Gasteiger partial charge in [0.2, 0.25) is 5.91 Å². The van der Waals surface area contributed by atoms with E-state index in [-0.39, 0.29) is 11.8 Å². The van der Waals surface area contributed by atoms with Crippen LogP contribution >= 0.6 is 0 Å². The summed E-state index contributed by atoms with van der Waals surface area (Å²) in [5.41, 5.74) is 1.06. The molecule has 1 fully saturated rings. The molecule has 0 aliphatic carbocycles. The van der Waals surface area contributed by atoms with Gasteiger partial charge >= 0.3 is 0 Å². The fraction of sp³-hybridized carbons (Fsp3) is 0.353. The Morgan fingerprint density at radius 2 is 2.14 bits per heavy atom. The van der Waals surface area contributed by atoms with Gasteiger partial charge in [-0.3, -0.25) is 4.79 Å². The Balaban J connectivity index is 1.58. The molecule has 2 aromatic rings. The number of benzene rings is 1. The van der Waals surface area contributed by atoms with E-state index in [0.29, 0.717) is 18.9 Å². The predicted octanol–water partition coefficient (Wildman–Crippen LogP) is 2.35. The highest BCUT2D eigenvalue weighted by Gasteiger charge is 2.32. The van der Waals surface area contributed by atoms with Gasteiger partial charge in [0.05, 0.1) is 18.4 Å². The zero-order valence-corrected chi connectivity index (χ0v) is 12.3. The third-order valence-corrected chi connectivity index (χ3v) is 4.19. The predicted molar refractivity (Wildman–Crippen MR) is 81.9 cm³/mol. The minimum absolute atomic E-state index is 0.0222. The highest BCUT2D eigenvalue weighted by atomic mass is 16.2. The van der Waals surface area contributed by atoms with Crippen molar-refractivity contribution in [2.75, 3.05) is 13.1 Å². The number of amides is 1. The third kappa shape index (κ3) is 3.01. The van der Waals surface area contributed by atoms with Crippen LogP contribution in [0.1, 0.15) is 30.4 Å². The average molecular weight is 294 g/mol. The zero-order chi connectivity index (χ0) is 15.4. The lowest BCUT2D eigenvalue weighted by molar-refractivity contribution is -0.137. The maximum atomic E-state index is 12.4. The molecule has 1 atom stereocenters. The number of rotatable bonds is 5. The van der Waals surface area contributed by atoms with Crippen LogP contribution < -0.4 is 0 Å². The first-order chi connectivity index (χ1) is 10.8. The lowest BCUT2D eigenvalue weighted by Crippen LogP contribution is -2.50. The van der Waals surface area contributed by atoms with E-state index in [1.54, 1.807) is 12.5 Å². The fourth-order valence-electron chi connectivity index (χ4n) is 2.82. The largest absolute Gasteiger partial charge is 0.338 e. The number of hydrogen-bond donors (Lipinski definition) is 0. The van der Waals surface area contributed by atoms with E-state index in [0.717, 1.165) is 18.7 Å². The maximum Gasteiger partial charge on any atom is 0.223 e. The Hall–Kier alpha value is -2.61. The maximum absolute atomic E-state index is 12.4. The first-order valence-corrected chi connectivity index (χ1v) is 7.45. The molecule has 0 saturated carbocycles. The van der Waals surface area contributed by atoms with E-state index in [2.05, 4.69) is 11.1 Å². The second-order valence-corrected chi connectivity index (χ2v) is 5.64. The molecule has 0 bridgehead atoms. The molecule has 3 rings (SSSR count). The van der Waals surface area contributed by atoms with Crippen molar-refractivity contribution in [1.82, 2.24) is 14.5 Å². The van der Waals surface area contributed by atoms with Crippen molar-refractivity contribution in [1.29, 1.82) is 5.26 Å². The topological polar surface area (TPSA) is 61.9 Å². The van der Waals surface area contributed by atoms with Crippen LogP contribution in [0.3, 0.4) is 0 Å². The molecule has 1 saturated heterocycles. The molecule has 0 N–H and O–H groups in total. The Morgan fingerprint density at radius 1 is 1.36 bits per heavy atom. The third-order valence-electron chi connectivity index (χ3n) is 4.19. The van der Waals surface area contributed by atoms with Gasteiger partial charge in [0.15, 0.2) is 0 Å². The zero-order valence-electron chi connectivity index (χ0n) is 12.3. The fourth-order valence-corrected chi connectivity index (χ4v) is 2.82. The summed E-state index contributed by atoms with van der Waals surface area (Å²) in [6.07, 6.45) is 6.23. The minimum Gasteiger partial charge on any atom is -0.338 e. The molecule has 22 heavy (non-hydrogen) atoms. The van der Waals surface area contributed by atoms with E-state index in [9.17, 15) is 4.79 Å². The van der Waals surface area contributed by atoms with Crippen molar-refractivity contribution in [2.24, 2.45) is 0 Å².